The predicted molar refractivity (Wildman–Crippen MR) is 131 cm³/mol. The Morgan fingerprint density at radius 3 is 2.56 bits per heavy atom. The van der Waals surface area contributed by atoms with E-state index in [-0.39, 0.29) is 23.2 Å². The number of pyridine rings is 1. The molecule has 0 bridgehead atoms. The van der Waals surface area contributed by atoms with E-state index in [4.69, 9.17) is 11.5 Å². The number of nitrogens with zero attached hydrogens (tertiary/aromatic N) is 1. The SMILES string of the molecule is NC(N)=NCCCCNC(=O)[C@H](Cc1ccccc1)NC(=O)c1ccc2[nH]c(=O)cc(O)c2c1. The Morgan fingerprint density at radius 1 is 1.06 bits per heavy atom. The zero-order valence-electron chi connectivity index (χ0n) is 18.6. The van der Waals surface area contributed by atoms with Gasteiger partial charge < -0.3 is 32.2 Å². The number of unbranched alkanes of at least 4 members (excludes halogenated alkanes) is 1. The number of carbonyl (C=O) groups excluding carboxylic acids is 2. The van der Waals surface area contributed by atoms with Crippen molar-refractivity contribution in [3.63, 3.8) is 0 Å². The molecule has 34 heavy (non-hydrogen) atoms. The molecule has 3 aromatic rings. The maximum absolute atomic E-state index is 13.0. The fourth-order valence-corrected chi connectivity index (χ4v) is 3.46. The van der Waals surface area contributed by atoms with Gasteiger partial charge in [-0.15, -0.1) is 0 Å². The molecule has 0 radical (unpaired) electrons. The lowest BCUT2D eigenvalue weighted by atomic mass is 10.0. The number of aromatic hydroxyl groups is 1. The predicted octanol–water partition coefficient (Wildman–Crippen LogP) is 0.745. The summed E-state index contributed by atoms with van der Waals surface area (Å²) in [5, 5.41) is 16.0. The van der Waals surface area contributed by atoms with Crippen molar-refractivity contribution in [3.8, 4) is 5.75 Å². The molecule has 0 aliphatic rings. The van der Waals surface area contributed by atoms with Gasteiger partial charge in [-0.3, -0.25) is 19.4 Å². The second kappa shape index (κ2) is 11.5. The smallest absolute Gasteiger partial charge is 0.252 e. The average molecular weight is 465 g/mol. The lowest BCUT2D eigenvalue weighted by molar-refractivity contribution is -0.122. The van der Waals surface area contributed by atoms with E-state index in [0.717, 1.165) is 11.6 Å². The van der Waals surface area contributed by atoms with E-state index in [2.05, 4.69) is 20.6 Å². The third-order valence-electron chi connectivity index (χ3n) is 5.17. The van der Waals surface area contributed by atoms with E-state index in [9.17, 15) is 19.5 Å². The summed E-state index contributed by atoms with van der Waals surface area (Å²) in [7, 11) is 0. The average Bonchev–Trinajstić information content (AvgIpc) is 2.81. The summed E-state index contributed by atoms with van der Waals surface area (Å²) in [5.41, 5.74) is 11.7. The molecule has 0 saturated carbocycles. The number of benzene rings is 2. The summed E-state index contributed by atoms with van der Waals surface area (Å²) in [6.45, 7) is 0.889. The van der Waals surface area contributed by atoms with E-state index in [1.54, 1.807) is 0 Å². The summed E-state index contributed by atoms with van der Waals surface area (Å²) >= 11 is 0. The first-order valence-corrected chi connectivity index (χ1v) is 10.9. The Labute approximate surface area is 196 Å². The molecule has 1 heterocycles. The minimum atomic E-state index is -0.813. The number of nitrogens with two attached hydrogens (primary N) is 2. The zero-order chi connectivity index (χ0) is 24.5. The van der Waals surface area contributed by atoms with Crippen LogP contribution in [0.25, 0.3) is 10.9 Å². The molecular formula is C24H28N6O4. The Hall–Kier alpha value is -4.34. The monoisotopic (exact) mass is 464 g/mol. The maximum Gasteiger partial charge on any atom is 0.252 e. The molecule has 0 saturated heterocycles. The minimum absolute atomic E-state index is 0.0306. The van der Waals surface area contributed by atoms with Crippen LogP contribution in [-0.2, 0) is 11.2 Å². The number of carbonyl (C=O) groups is 2. The molecular weight excluding hydrogens is 436 g/mol. The Balaban J connectivity index is 1.71. The van der Waals surface area contributed by atoms with E-state index < -0.39 is 17.5 Å². The van der Waals surface area contributed by atoms with Crippen LogP contribution in [0.3, 0.4) is 0 Å². The first-order chi connectivity index (χ1) is 16.3. The van der Waals surface area contributed by atoms with E-state index in [1.807, 2.05) is 30.3 Å². The maximum atomic E-state index is 13.0. The molecule has 10 heteroatoms. The number of fused-ring (bicyclic) bond motifs is 1. The molecule has 0 aliphatic heterocycles. The third-order valence-corrected chi connectivity index (χ3v) is 5.17. The highest BCUT2D eigenvalue weighted by Crippen LogP contribution is 2.22. The normalized spacial score (nSPS) is 11.5. The van der Waals surface area contributed by atoms with Gasteiger partial charge in [0.05, 0.1) is 5.52 Å². The van der Waals surface area contributed by atoms with Crippen molar-refractivity contribution in [2.24, 2.45) is 16.5 Å². The minimum Gasteiger partial charge on any atom is -0.507 e. The molecule has 0 aliphatic carbocycles. The van der Waals surface area contributed by atoms with Crippen molar-refractivity contribution in [1.29, 1.82) is 0 Å². The van der Waals surface area contributed by atoms with Crippen LogP contribution >= 0.6 is 0 Å². The van der Waals surface area contributed by atoms with Gasteiger partial charge in [0, 0.05) is 36.5 Å². The van der Waals surface area contributed by atoms with E-state index in [0.29, 0.717) is 43.3 Å². The van der Waals surface area contributed by atoms with Crippen LogP contribution in [0.2, 0.25) is 0 Å². The van der Waals surface area contributed by atoms with Crippen LogP contribution < -0.4 is 27.7 Å². The van der Waals surface area contributed by atoms with Gasteiger partial charge in [-0.1, -0.05) is 30.3 Å². The van der Waals surface area contributed by atoms with Crippen LogP contribution in [0, 0.1) is 0 Å². The Morgan fingerprint density at radius 2 is 1.82 bits per heavy atom. The van der Waals surface area contributed by atoms with Gasteiger partial charge in [0.25, 0.3) is 11.5 Å². The lowest BCUT2D eigenvalue weighted by Crippen LogP contribution is -2.48. The van der Waals surface area contributed by atoms with Gasteiger partial charge in [0.1, 0.15) is 11.8 Å². The van der Waals surface area contributed by atoms with Gasteiger partial charge in [-0.2, -0.15) is 0 Å². The molecule has 8 N–H and O–H groups in total. The number of hydrogen-bond donors (Lipinski definition) is 6. The highest BCUT2D eigenvalue weighted by Gasteiger charge is 2.22. The molecule has 2 amide bonds. The zero-order valence-corrected chi connectivity index (χ0v) is 18.6. The Bertz CT molecular complexity index is 1240. The van der Waals surface area contributed by atoms with Crippen LogP contribution in [0.15, 0.2) is 64.4 Å². The van der Waals surface area contributed by atoms with Gasteiger partial charge >= 0.3 is 0 Å². The summed E-state index contributed by atoms with van der Waals surface area (Å²) in [4.78, 5) is 43.9. The summed E-state index contributed by atoms with van der Waals surface area (Å²) in [6.07, 6.45) is 1.69. The van der Waals surface area contributed by atoms with Crippen molar-refractivity contribution in [2.75, 3.05) is 13.1 Å². The number of rotatable bonds is 10. The standard InChI is InChI=1S/C24H28N6O4/c25-24(26)28-11-5-4-10-27-23(34)19(12-15-6-2-1-3-7-15)30-22(33)16-8-9-18-17(13-16)20(31)14-21(32)29-18/h1-3,6-9,13-14,19H,4-5,10-12H2,(H,27,34)(H,30,33)(H4,25,26,28)(H2,29,31,32)/t19-/m0/s1. The molecule has 1 aromatic heterocycles. The van der Waals surface area contributed by atoms with Gasteiger partial charge in [-0.05, 0) is 36.6 Å². The fourth-order valence-electron chi connectivity index (χ4n) is 3.46. The van der Waals surface area contributed by atoms with Gasteiger partial charge in [0.15, 0.2) is 5.96 Å². The Kier molecular flexibility index (Phi) is 8.22. The van der Waals surface area contributed by atoms with E-state index >= 15 is 0 Å². The van der Waals surface area contributed by atoms with Crippen LogP contribution in [0.5, 0.6) is 5.75 Å². The summed E-state index contributed by atoms with van der Waals surface area (Å²) < 4.78 is 0. The van der Waals surface area contributed by atoms with Crippen LogP contribution in [-0.4, -0.2) is 47.0 Å². The molecule has 3 rings (SSSR count). The van der Waals surface area contributed by atoms with Crippen molar-refractivity contribution in [2.45, 2.75) is 25.3 Å². The van der Waals surface area contributed by atoms with Gasteiger partial charge in [-0.25, -0.2) is 0 Å². The second-order valence-electron chi connectivity index (χ2n) is 7.80. The molecule has 10 nitrogen and oxygen atoms in total. The van der Waals surface area contributed by atoms with E-state index in [1.165, 1.54) is 18.2 Å². The molecule has 2 aromatic carbocycles. The second-order valence-corrected chi connectivity index (χ2v) is 7.80. The first kappa shape index (κ1) is 24.3. The number of aromatic nitrogens is 1. The number of amides is 2. The lowest BCUT2D eigenvalue weighted by Gasteiger charge is -2.19. The van der Waals surface area contributed by atoms with Crippen molar-refractivity contribution in [3.05, 3.63) is 76.1 Å². The molecule has 1 atom stereocenters. The van der Waals surface area contributed by atoms with Crippen molar-refractivity contribution >= 4 is 28.7 Å². The van der Waals surface area contributed by atoms with Crippen LogP contribution in [0.1, 0.15) is 28.8 Å². The number of nitrogens with one attached hydrogen (secondary N) is 3. The summed E-state index contributed by atoms with van der Waals surface area (Å²) in [6, 6.07) is 14.1. The quantitative estimate of drug-likeness (QED) is 0.146. The molecule has 0 unspecified atom stereocenters. The van der Waals surface area contributed by atoms with Crippen LogP contribution in [0.4, 0.5) is 0 Å². The molecule has 0 spiro atoms. The number of aliphatic imine (C=N–C) groups is 1. The molecule has 178 valence electrons. The number of aromatic amines is 1. The molecule has 0 fully saturated rings. The highest BCUT2D eigenvalue weighted by molar-refractivity contribution is 6.01. The van der Waals surface area contributed by atoms with Gasteiger partial charge in [0.2, 0.25) is 5.91 Å². The fraction of sp³-hybridized carbons (Fsp3) is 0.250. The third kappa shape index (κ3) is 6.83. The topological polar surface area (TPSA) is 176 Å². The summed E-state index contributed by atoms with van der Waals surface area (Å²) in [5.74, 6) is -0.987. The number of guanidine groups is 1. The number of hydrogen-bond acceptors (Lipinski definition) is 5. The van der Waals surface area contributed by atoms with Crippen molar-refractivity contribution in [1.82, 2.24) is 15.6 Å². The highest BCUT2D eigenvalue weighted by atomic mass is 16.3. The first-order valence-electron chi connectivity index (χ1n) is 10.9. The van der Waals surface area contributed by atoms with Crippen molar-refractivity contribution < 1.29 is 14.7 Å². The number of H-pyrrole nitrogens is 1. The largest absolute Gasteiger partial charge is 0.507 e.